The minimum absolute atomic E-state index is 0.00719. The van der Waals surface area contributed by atoms with Crippen LogP contribution in [0.4, 0.5) is 4.39 Å². The highest BCUT2D eigenvalue weighted by atomic mass is 35.5. The minimum atomic E-state index is -1.04. The fourth-order valence-electron chi connectivity index (χ4n) is 5.49. The Bertz CT molecular complexity index is 1740. The molecule has 1 heterocycles. The van der Waals surface area contributed by atoms with Crippen molar-refractivity contribution in [3.05, 3.63) is 106 Å². The van der Waals surface area contributed by atoms with E-state index in [1.807, 2.05) is 60.7 Å². The van der Waals surface area contributed by atoms with Crippen molar-refractivity contribution in [1.29, 1.82) is 0 Å². The summed E-state index contributed by atoms with van der Waals surface area (Å²) in [4.78, 5) is 23.3. The third-order valence-electron chi connectivity index (χ3n) is 7.92. The molecule has 0 atom stereocenters. The number of carboxylic acid groups (broad SMARTS) is 2. The van der Waals surface area contributed by atoms with Crippen molar-refractivity contribution >= 4 is 46.6 Å². The average molecular weight is 618 g/mol. The van der Waals surface area contributed by atoms with Gasteiger partial charge in [-0.15, -0.1) is 0 Å². The summed E-state index contributed by atoms with van der Waals surface area (Å²) in [5.74, 6) is -1.06. The number of nitrogens with zero attached hydrogens (tertiary/aromatic N) is 1. The second-order valence-electron chi connectivity index (χ2n) is 11.1. The van der Waals surface area contributed by atoms with Gasteiger partial charge in [0.15, 0.2) is 0 Å². The van der Waals surface area contributed by atoms with Gasteiger partial charge >= 0.3 is 11.9 Å². The molecule has 1 aliphatic rings. The van der Waals surface area contributed by atoms with Crippen molar-refractivity contribution in [2.45, 2.75) is 39.2 Å². The first-order valence-corrected chi connectivity index (χ1v) is 14.7. The normalized spacial score (nSPS) is 14.0. The van der Waals surface area contributed by atoms with Gasteiger partial charge in [0.05, 0.1) is 17.0 Å². The average Bonchev–Trinajstić information content (AvgIpc) is 3.69. The van der Waals surface area contributed by atoms with E-state index in [-0.39, 0.29) is 13.0 Å². The largest absolute Gasteiger partial charge is 0.490 e. The summed E-state index contributed by atoms with van der Waals surface area (Å²) in [5.41, 5.74) is 2.95. The maximum absolute atomic E-state index is 15.4. The third-order valence-corrected chi connectivity index (χ3v) is 8.23. The smallest absolute Gasteiger partial charge is 0.323 e. The molecule has 1 aromatic heterocycles. The summed E-state index contributed by atoms with van der Waals surface area (Å²) in [6.45, 7) is 2.19. The Morgan fingerprint density at radius 2 is 1.66 bits per heavy atom. The number of carbonyl (C=O) groups is 2. The molecule has 0 saturated heterocycles. The van der Waals surface area contributed by atoms with Crippen molar-refractivity contribution in [3.8, 4) is 11.5 Å². The molecule has 0 unspecified atom stereocenters. The molecular formula is C35H33ClFNO6. The predicted molar refractivity (Wildman–Crippen MR) is 169 cm³/mol. The fourth-order valence-corrected chi connectivity index (χ4v) is 5.68. The predicted octanol–water partition coefficient (Wildman–Crippen LogP) is 7.81. The Morgan fingerprint density at radius 1 is 0.955 bits per heavy atom. The molecule has 0 amide bonds. The number of halogens is 2. The Balaban J connectivity index is 1.29. The Kier molecular flexibility index (Phi) is 9.40. The van der Waals surface area contributed by atoms with Crippen LogP contribution >= 0.6 is 11.6 Å². The maximum Gasteiger partial charge on any atom is 0.323 e. The number of carboxylic acids is 2. The van der Waals surface area contributed by atoms with Crippen LogP contribution in [0.5, 0.6) is 11.5 Å². The zero-order chi connectivity index (χ0) is 31.3. The second kappa shape index (κ2) is 13.4. The number of aliphatic carboxylic acids is 2. The number of hydrogen-bond acceptors (Lipinski definition) is 4. The summed E-state index contributed by atoms with van der Waals surface area (Å²) >= 11 is 6.08. The summed E-state index contributed by atoms with van der Waals surface area (Å²) in [6.07, 6.45) is 9.33. The lowest BCUT2D eigenvalue weighted by Crippen LogP contribution is -2.13. The van der Waals surface area contributed by atoms with E-state index in [0.717, 1.165) is 18.4 Å². The monoisotopic (exact) mass is 617 g/mol. The summed E-state index contributed by atoms with van der Waals surface area (Å²) in [6, 6.07) is 17.8. The lowest BCUT2D eigenvalue weighted by atomic mass is 9.91. The van der Waals surface area contributed by atoms with Crippen LogP contribution in [-0.4, -0.2) is 39.9 Å². The quantitative estimate of drug-likeness (QED) is 0.111. The number of rotatable bonds is 14. The highest BCUT2D eigenvalue weighted by molar-refractivity contribution is 6.32. The number of ether oxygens (including phenoxy) is 2. The van der Waals surface area contributed by atoms with E-state index < -0.39 is 23.2 Å². The molecule has 0 radical (unpaired) electrons. The minimum Gasteiger partial charge on any atom is -0.490 e. The van der Waals surface area contributed by atoms with Crippen LogP contribution in [0.1, 0.15) is 41.6 Å². The van der Waals surface area contributed by atoms with Crippen LogP contribution < -0.4 is 9.47 Å². The Morgan fingerprint density at radius 3 is 2.32 bits per heavy atom. The van der Waals surface area contributed by atoms with Crippen LogP contribution in [-0.2, 0) is 22.6 Å². The van der Waals surface area contributed by atoms with Crippen LogP contribution in [0.3, 0.4) is 0 Å². The molecule has 228 valence electrons. The van der Waals surface area contributed by atoms with E-state index >= 15 is 4.39 Å². The molecule has 0 bridgehead atoms. The van der Waals surface area contributed by atoms with Crippen LogP contribution in [0.25, 0.3) is 23.1 Å². The second-order valence-corrected chi connectivity index (χ2v) is 11.5. The molecule has 0 spiro atoms. The van der Waals surface area contributed by atoms with Crippen LogP contribution in [0.15, 0.2) is 72.8 Å². The van der Waals surface area contributed by atoms with E-state index in [4.69, 9.17) is 21.1 Å². The molecule has 4 aromatic rings. The highest BCUT2D eigenvalue weighted by Gasteiger charge is 2.45. The van der Waals surface area contributed by atoms with Crippen LogP contribution in [0, 0.1) is 18.2 Å². The first kappa shape index (κ1) is 30.9. The van der Waals surface area contributed by atoms with Crippen molar-refractivity contribution in [1.82, 2.24) is 4.57 Å². The van der Waals surface area contributed by atoms with Gasteiger partial charge in [-0.2, -0.15) is 0 Å². The molecule has 1 fully saturated rings. The molecule has 1 saturated carbocycles. The lowest BCUT2D eigenvalue weighted by Gasteiger charge is -2.13. The zero-order valence-electron chi connectivity index (χ0n) is 24.3. The first-order chi connectivity index (χ1) is 21.2. The van der Waals surface area contributed by atoms with E-state index in [2.05, 4.69) is 0 Å². The molecule has 9 heteroatoms. The summed E-state index contributed by atoms with van der Waals surface area (Å²) in [7, 11) is 0. The summed E-state index contributed by atoms with van der Waals surface area (Å²) in [5, 5.41) is 20.0. The molecule has 5 rings (SSSR count). The third kappa shape index (κ3) is 7.32. The molecule has 7 nitrogen and oxygen atoms in total. The summed E-state index contributed by atoms with van der Waals surface area (Å²) < 4.78 is 28.4. The van der Waals surface area contributed by atoms with Crippen molar-refractivity contribution < 1.29 is 33.7 Å². The fraction of sp³-hybridized carbons (Fsp3) is 0.257. The van der Waals surface area contributed by atoms with Crippen molar-refractivity contribution in [2.75, 3.05) is 13.2 Å². The Hall–Kier alpha value is -4.56. The molecular weight excluding hydrogens is 585 g/mol. The van der Waals surface area contributed by atoms with Gasteiger partial charge in [-0.05, 0) is 96.8 Å². The number of aromatic nitrogens is 1. The van der Waals surface area contributed by atoms with Crippen LogP contribution in [0.2, 0.25) is 5.02 Å². The van der Waals surface area contributed by atoms with Gasteiger partial charge in [0.2, 0.25) is 0 Å². The van der Waals surface area contributed by atoms with E-state index in [1.165, 1.54) is 6.07 Å². The van der Waals surface area contributed by atoms with Gasteiger partial charge in [0.25, 0.3) is 0 Å². The van der Waals surface area contributed by atoms with E-state index in [9.17, 15) is 19.8 Å². The van der Waals surface area contributed by atoms with Crippen molar-refractivity contribution in [2.24, 2.45) is 5.41 Å². The molecule has 2 N–H and O–H groups in total. The van der Waals surface area contributed by atoms with Gasteiger partial charge in [0, 0.05) is 11.1 Å². The zero-order valence-corrected chi connectivity index (χ0v) is 25.0. The maximum atomic E-state index is 15.4. The molecule has 44 heavy (non-hydrogen) atoms. The lowest BCUT2D eigenvalue weighted by molar-refractivity contribution is -0.139. The van der Waals surface area contributed by atoms with E-state index in [1.54, 1.807) is 29.7 Å². The van der Waals surface area contributed by atoms with Crippen molar-refractivity contribution in [3.63, 3.8) is 0 Å². The number of fused-ring (bicyclic) bond motifs is 1. The topological polar surface area (TPSA) is 98.0 Å². The number of hydrogen-bond donors (Lipinski definition) is 2. The number of benzene rings is 3. The molecule has 3 aromatic carbocycles. The van der Waals surface area contributed by atoms with Gasteiger partial charge in [0.1, 0.15) is 37.1 Å². The highest BCUT2D eigenvalue weighted by Crippen LogP contribution is 2.53. The molecule has 1 aliphatic carbocycles. The molecule has 0 aliphatic heterocycles. The standard InChI is InChI=1S/C35H33ClFNO6/c1-23-27(20-35(16-17-35)21-31(39)40)33-29(37)15-12-25(34(33)38(23)22-32(41)42)11-8-24-9-13-26(14-10-24)43-18-4-5-19-44-30-7-3-2-6-28(30)36/h2-15H,16-22H2,1H3,(H,39,40)(H,41,42)/b5-4+,11-8+. The van der Waals surface area contributed by atoms with Gasteiger partial charge in [-0.3, -0.25) is 9.59 Å². The van der Waals surface area contributed by atoms with Gasteiger partial charge in [-0.1, -0.05) is 48.0 Å². The van der Waals surface area contributed by atoms with Gasteiger partial charge < -0.3 is 24.3 Å². The first-order valence-electron chi connectivity index (χ1n) is 14.3. The SMILES string of the molecule is Cc1c(CC2(CC(=O)O)CC2)c2c(F)ccc(/C=C/c3ccc(OC/C=C/COc4ccccc4Cl)cc3)c2n1CC(=O)O. The van der Waals surface area contributed by atoms with Gasteiger partial charge in [-0.25, -0.2) is 4.39 Å². The van der Waals surface area contributed by atoms with E-state index in [0.29, 0.717) is 63.9 Å². The Labute approximate surface area is 259 Å². The number of para-hydroxylation sites is 1.